The van der Waals surface area contributed by atoms with Crippen molar-refractivity contribution in [1.82, 2.24) is 10.3 Å². The molecule has 6 nitrogen and oxygen atoms in total. The summed E-state index contributed by atoms with van der Waals surface area (Å²) in [6, 6.07) is 12.5. The van der Waals surface area contributed by atoms with Gasteiger partial charge in [0.2, 0.25) is 0 Å². The SMILES string of the molecule is Cc1c(CNC(=O)c2ccc3c(c2)COc2cnccc2-3)cccc1C(=O)O. The predicted octanol–water partition coefficient (Wildman–Crippen LogP) is 3.58. The summed E-state index contributed by atoms with van der Waals surface area (Å²) in [4.78, 5) is 27.9. The van der Waals surface area contributed by atoms with Gasteiger partial charge >= 0.3 is 5.97 Å². The van der Waals surface area contributed by atoms with Gasteiger partial charge in [-0.3, -0.25) is 9.78 Å². The van der Waals surface area contributed by atoms with Crippen molar-refractivity contribution in [1.29, 1.82) is 0 Å². The third-order valence-electron chi connectivity index (χ3n) is 4.94. The number of rotatable bonds is 4. The first-order chi connectivity index (χ1) is 13.5. The maximum atomic E-state index is 12.6. The molecule has 0 atom stereocenters. The van der Waals surface area contributed by atoms with Crippen LogP contribution >= 0.6 is 0 Å². The molecule has 2 aromatic carbocycles. The topological polar surface area (TPSA) is 88.5 Å². The number of carbonyl (C=O) groups is 2. The van der Waals surface area contributed by atoms with Crippen LogP contribution in [0.2, 0.25) is 0 Å². The molecule has 6 heteroatoms. The number of aromatic carboxylic acids is 1. The van der Waals surface area contributed by atoms with Crippen molar-refractivity contribution in [3.8, 4) is 16.9 Å². The van der Waals surface area contributed by atoms with Crippen LogP contribution in [0.5, 0.6) is 5.75 Å². The molecule has 28 heavy (non-hydrogen) atoms. The lowest BCUT2D eigenvalue weighted by Crippen LogP contribution is -2.24. The average molecular weight is 374 g/mol. The maximum absolute atomic E-state index is 12.6. The van der Waals surface area contributed by atoms with Crippen LogP contribution in [-0.2, 0) is 13.2 Å². The van der Waals surface area contributed by atoms with Gasteiger partial charge in [0, 0.05) is 23.9 Å². The maximum Gasteiger partial charge on any atom is 0.335 e. The second kappa shape index (κ2) is 7.15. The molecule has 0 spiro atoms. The first-order valence-electron chi connectivity index (χ1n) is 8.84. The monoisotopic (exact) mass is 374 g/mol. The van der Waals surface area contributed by atoms with E-state index in [-0.39, 0.29) is 18.0 Å². The van der Waals surface area contributed by atoms with E-state index in [9.17, 15) is 14.7 Å². The van der Waals surface area contributed by atoms with Crippen LogP contribution in [-0.4, -0.2) is 22.0 Å². The average Bonchev–Trinajstić information content (AvgIpc) is 2.72. The highest BCUT2D eigenvalue weighted by atomic mass is 16.5. The fourth-order valence-corrected chi connectivity index (χ4v) is 3.37. The molecule has 3 aromatic rings. The van der Waals surface area contributed by atoms with Crippen molar-refractivity contribution >= 4 is 11.9 Å². The molecular formula is C22H18N2O4. The lowest BCUT2D eigenvalue weighted by atomic mass is 9.96. The highest BCUT2D eigenvalue weighted by Gasteiger charge is 2.19. The van der Waals surface area contributed by atoms with Crippen molar-refractivity contribution in [2.45, 2.75) is 20.1 Å². The van der Waals surface area contributed by atoms with E-state index in [1.54, 1.807) is 37.5 Å². The first-order valence-corrected chi connectivity index (χ1v) is 8.84. The number of fused-ring (bicyclic) bond motifs is 3. The summed E-state index contributed by atoms with van der Waals surface area (Å²) in [5.41, 5.74) is 5.14. The zero-order valence-electron chi connectivity index (χ0n) is 15.2. The third-order valence-corrected chi connectivity index (χ3v) is 4.94. The van der Waals surface area contributed by atoms with Crippen LogP contribution in [0.15, 0.2) is 54.9 Å². The Balaban J connectivity index is 1.53. The molecule has 1 aliphatic rings. The number of ether oxygens (including phenoxy) is 1. The smallest absolute Gasteiger partial charge is 0.335 e. The standard InChI is InChI=1S/C22H18N2O4/c1-13-15(3-2-4-17(13)22(26)27)10-24-21(25)14-5-6-18-16(9-14)12-28-20-11-23-8-7-19(18)20/h2-9,11H,10,12H2,1H3,(H,24,25)(H,26,27). The Bertz CT molecular complexity index is 1090. The van der Waals surface area contributed by atoms with Crippen LogP contribution < -0.4 is 10.1 Å². The molecule has 0 aliphatic carbocycles. The Morgan fingerprint density at radius 1 is 1.18 bits per heavy atom. The lowest BCUT2D eigenvalue weighted by molar-refractivity contribution is 0.0696. The number of carboxylic acid groups (broad SMARTS) is 1. The summed E-state index contributed by atoms with van der Waals surface area (Å²) >= 11 is 0. The molecule has 140 valence electrons. The number of amides is 1. The van der Waals surface area contributed by atoms with Gasteiger partial charge in [0.1, 0.15) is 12.4 Å². The highest BCUT2D eigenvalue weighted by Crippen LogP contribution is 2.36. The molecule has 1 amide bonds. The van der Waals surface area contributed by atoms with E-state index < -0.39 is 5.97 Å². The van der Waals surface area contributed by atoms with E-state index >= 15 is 0 Å². The summed E-state index contributed by atoms with van der Waals surface area (Å²) in [6.07, 6.45) is 3.40. The van der Waals surface area contributed by atoms with Gasteiger partial charge in [0.15, 0.2) is 0 Å². The zero-order chi connectivity index (χ0) is 19.7. The molecule has 0 bridgehead atoms. The van der Waals surface area contributed by atoms with E-state index in [1.807, 2.05) is 24.3 Å². The van der Waals surface area contributed by atoms with Crippen molar-refractivity contribution in [3.63, 3.8) is 0 Å². The Kier molecular flexibility index (Phi) is 4.53. The number of nitrogens with zero attached hydrogens (tertiary/aromatic N) is 1. The zero-order valence-corrected chi connectivity index (χ0v) is 15.2. The summed E-state index contributed by atoms with van der Waals surface area (Å²) < 4.78 is 5.72. The van der Waals surface area contributed by atoms with Crippen LogP contribution in [0.1, 0.15) is 37.4 Å². The number of hydrogen-bond acceptors (Lipinski definition) is 4. The van der Waals surface area contributed by atoms with E-state index in [0.717, 1.165) is 28.0 Å². The summed E-state index contributed by atoms with van der Waals surface area (Å²) in [6.45, 7) is 2.39. The van der Waals surface area contributed by atoms with Gasteiger partial charge in [0.25, 0.3) is 5.91 Å². The highest BCUT2D eigenvalue weighted by molar-refractivity contribution is 5.95. The minimum absolute atomic E-state index is 0.219. The minimum Gasteiger partial charge on any atom is -0.487 e. The van der Waals surface area contributed by atoms with Gasteiger partial charge in [-0.25, -0.2) is 4.79 Å². The molecule has 0 unspecified atom stereocenters. The number of carboxylic acids is 1. The largest absolute Gasteiger partial charge is 0.487 e. The number of benzene rings is 2. The molecule has 0 fully saturated rings. The quantitative estimate of drug-likeness (QED) is 0.729. The summed E-state index contributed by atoms with van der Waals surface area (Å²) in [5.74, 6) is -0.458. The fourth-order valence-electron chi connectivity index (χ4n) is 3.37. The van der Waals surface area contributed by atoms with E-state index in [2.05, 4.69) is 10.3 Å². The molecule has 0 saturated carbocycles. The Morgan fingerprint density at radius 3 is 2.86 bits per heavy atom. The van der Waals surface area contributed by atoms with Crippen molar-refractivity contribution < 1.29 is 19.4 Å². The van der Waals surface area contributed by atoms with Gasteiger partial charge < -0.3 is 15.2 Å². The van der Waals surface area contributed by atoms with E-state index in [4.69, 9.17) is 4.74 Å². The molecule has 1 aromatic heterocycles. The minimum atomic E-state index is -0.976. The summed E-state index contributed by atoms with van der Waals surface area (Å²) in [5, 5.41) is 12.1. The molecule has 2 heterocycles. The number of nitrogens with one attached hydrogen (secondary N) is 1. The second-order valence-electron chi connectivity index (χ2n) is 6.61. The molecular weight excluding hydrogens is 356 g/mol. The van der Waals surface area contributed by atoms with Crippen LogP contribution in [0.4, 0.5) is 0 Å². The van der Waals surface area contributed by atoms with E-state index in [0.29, 0.717) is 17.7 Å². The number of carbonyl (C=O) groups excluding carboxylic acids is 1. The molecule has 1 aliphatic heterocycles. The first kappa shape index (κ1) is 17.7. The van der Waals surface area contributed by atoms with Crippen molar-refractivity contribution in [2.75, 3.05) is 0 Å². The van der Waals surface area contributed by atoms with Crippen molar-refractivity contribution in [3.05, 3.63) is 82.7 Å². The van der Waals surface area contributed by atoms with Gasteiger partial charge in [-0.15, -0.1) is 0 Å². The molecule has 4 rings (SSSR count). The number of aromatic nitrogens is 1. The van der Waals surface area contributed by atoms with Gasteiger partial charge in [-0.05, 0) is 53.4 Å². The van der Waals surface area contributed by atoms with Crippen molar-refractivity contribution in [2.24, 2.45) is 0 Å². The van der Waals surface area contributed by atoms with Gasteiger partial charge in [0.05, 0.1) is 11.8 Å². The third kappa shape index (κ3) is 3.20. The normalized spacial score (nSPS) is 11.8. The predicted molar refractivity (Wildman–Crippen MR) is 103 cm³/mol. The van der Waals surface area contributed by atoms with Crippen LogP contribution in [0, 0.1) is 6.92 Å². The van der Waals surface area contributed by atoms with Gasteiger partial charge in [-0.1, -0.05) is 18.2 Å². The Hall–Kier alpha value is -3.67. The Morgan fingerprint density at radius 2 is 2.04 bits per heavy atom. The molecule has 0 radical (unpaired) electrons. The van der Waals surface area contributed by atoms with Crippen LogP contribution in [0.25, 0.3) is 11.1 Å². The number of pyridine rings is 1. The van der Waals surface area contributed by atoms with Crippen LogP contribution in [0.3, 0.4) is 0 Å². The number of hydrogen-bond donors (Lipinski definition) is 2. The molecule has 0 saturated heterocycles. The lowest BCUT2D eigenvalue weighted by Gasteiger charge is -2.20. The fraction of sp³-hybridized carbons (Fsp3) is 0.136. The summed E-state index contributed by atoms with van der Waals surface area (Å²) in [7, 11) is 0. The second-order valence-corrected chi connectivity index (χ2v) is 6.61. The Labute approximate surface area is 161 Å². The van der Waals surface area contributed by atoms with Gasteiger partial charge in [-0.2, -0.15) is 0 Å². The molecule has 2 N–H and O–H groups in total. The van der Waals surface area contributed by atoms with E-state index in [1.165, 1.54) is 0 Å².